The zero-order valence-corrected chi connectivity index (χ0v) is 40.1. The number of guanidine groups is 1. The number of aliphatic carboxylic acids is 2. The number of aromatic amines is 1. The molecule has 30 heteroatoms. The molecular formula is C43H66N14O16. The number of para-hydroxylation sites is 1. The molecule has 0 aliphatic heterocycles. The van der Waals surface area contributed by atoms with Crippen molar-refractivity contribution in [1.29, 1.82) is 0 Å². The summed E-state index contributed by atoms with van der Waals surface area (Å²) in [5.74, 6) is -13.2. The molecule has 0 aliphatic rings. The molecule has 8 atom stereocenters. The van der Waals surface area contributed by atoms with Crippen LogP contribution in [0.3, 0.4) is 0 Å². The maximum absolute atomic E-state index is 13.6. The molecule has 22 N–H and O–H groups in total. The first-order valence-corrected chi connectivity index (χ1v) is 22.7. The minimum Gasteiger partial charge on any atom is -0.481 e. The number of primary amides is 1. The molecule has 73 heavy (non-hydrogen) atoms. The highest BCUT2D eigenvalue weighted by atomic mass is 16.4. The zero-order chi connectivity index (χ0) is 54.9. The number of carboxylic acid groups (broad SMARTS) is 2. The summed E-state index contributed by atoms with van der Waals surface area (Å²) >= 11 is 0. The summed E-state index contributed by atoms with van der Waals surface area (Å²) in [6.45, 7) is -0.771. The molecule has 0 unspecified atom stereocenters. The summed E-state index contributed by atoms with van der Waals surface area (Å²) in [4.78, 5) is 147. The average molecular weight is 1040 g/mol. The third-order valence-electron chi connectivity index (χ3n) is 10.6. The van der Waals surface area contributed by atoms with Crippen LogP contribution in [0.15, 0.2) is 35.5 Å². The fourth-order valence-electron chi connectivity index (χ4n) is 6.77. The van der Waals surface area contributed by atoms with Crippen molar-refractivity contribution in [1.82, 2.24) is 47.5 Å². The molecule has 1 aromatic carbocycles. The third kappa shape index (κ3) is 21.5. The SMILES string of the molecule is CC(C)C[C@H](NC(=O)CNC(=O)[C@H](CC(=O)O)NC(=O)[C@H](CO)NC(=O)[C@H](CO)NC(=O)[C@@H](N)CCC(N)=O)C(=O)N[C@@H](CO)C(=O)N[C@@H](CCCN=C(N)N)C(=O)N[C@@H](Cc1c[nH]c2ccccc12)C(=O)O. The molecule has 1 heterocycles. The Morgan fingerprint density at radius 3 is 1.66 bits per heavy atom. The van der Waals surface area contributed by atoms with Crippen LogP contribution in [-0.4, -0.2) is 183 Å². The Morgan fingerprint density at radius 1 is 0.630 bits per heavy atom. The van der Waals surface area contributed by atoms with E-state index in [4.69, 9.17) is 22.9 Å². The van der Waals surface area contributed by atoms with E-state index in [1.807, 2.05) is 10.6 Å². The highest BCUT2D eigenvalue weighted by molar-refractivity contribution is 5.98. The number of hydrogen-bond acceptors (Lipinski definition) is 16. The Bertz CT molecular complexity index is 2310. The van der Waals surface area contributed by atoms with Gasteiger partial charge >= 0.3 is 11.9 Å². The second-order valence-electron chi connectivity index (χ2n) is 16.9. The molecule has 9 amide bonds. The number of aromatic nitrogens is 1. The van der Waals surface area contributed by atoms with Crippen LogP contribution < -0.4 is 65.5 Å². The van der Waals surface area contributed by atoms with Crippen LogP contribution in [0.25, 0.3) is 10.9 Å². The number of H-pyrrole nitrogens is 1. The molecule has 0 aliphatic carbocycles. The minimum absolute atomic E-state index is 0.00565. The number of nitrogens with two attached hydrogens (primary N) is 4. The number of aliphatic imine (C=N–C) groups is 1. The lowest BCUT2D eigenvalue weighted by Crippen LogP contribution is -2.60. The minimum atomic E-state index is -1.94. The van der Waals surface area contributed by atoms with Crippen molar-refractivity contribution in [3.05, 3.63) is 36.0 Å². The van der Waals surface area contributed by atoms with E-state index >= 15 is 0 Å². The van der Waals surface area contributed by atoms with Gasteiger partial charge in [-0.2, -0.15) is 0 Å². The topological polar surface area (TPSA) is 517 Å². The first-order valence-electron chi connectivity index (χ1n) is 22.7. The van der Waals surface area contributed by atoms with Gasteiger partial charge in [0.15, 0.2) is 5.96 Å². The molecule has 0 saturated heterocycles. The van der Waals surface area contributed by atoms with Crippen LogP contribution in [-0.2, 0) is 59.2 Å². The number of benzene rings is 1. The molecule has 0 bridgehead atoms. The quantitative estimate of drug-likeness (QED) is 0.0179. The Hall–Kier alpha value is -7.96. The van der Waals surface area contributed by atoms with Gasteiger partial charge in [0, 0.05) is 36.5 Å². The van der Waals surface area contributed by atoms with Crippen molar-refractivity contribution in [2.75, 3.05) is 32.9 Å². The number of nitrogens with one attached hydrogen (secondary N) is 9. The standard InChI is InChI=1S/C43H66N14O16/c1-20(2)12-26(51-33(62)16-50-36(66)27(14-34(63)64)53-40(70)31(19-60)57-41(71)29(17-58)55-35(65)23(44)9-10-32(45)61)38(68)56-30(18-59)39(69)52-25(8-5-11-48-43(46)47)37(67)54-28(42(72)73)13-21-15-49-24-7-4-3-6-22(21)24/h3-4,6-7,15,20,23,25-31,49,58-60H,5,8-14,16-19,44H2,1-2H3,(H2,45,61)(H,50,66)(H,51,62)(H,52,69)(H,53,70)(H,54,67)(H,55,65)(H,56,68)(H,57,71)(H,63,64)(H,72,73)(H4,46,47,48)/t23-,25-,26-,27-,28-,29-,30-,31-/m0/s1. The highest BCUT2D eigenvalue weighted by Gasteiger charge is 2.34. The van der Waals surface area contributed by atoms with Crippen molar-refractivity contribution in [2.45, 2.75) is 107 Å². The molecule has 0 radical (unpaired) electrons. The van der Waals surface area contributed by atoms with Crippen molar-refractivity contribution >= 4 is 82.0 Å². The third-order valence-corrected chi connectivity index (χ3v) is 10.6. The van der Waals surface area contributed by atoms with Gasteiger partial charge in [0.05, 0.1) is 38.8 Å². The van der Waals surface area contributed by atoms with E-state index in [0.29, 0.717) is 5.56 Å². The summed E-state index contributed by atoms with van der Waals surface area (Å²) < 4.78 is 0. The van der Waals surface area contributed by atoms with E-state index in [1.54, 1.807) is 44.3 Å². The lowest BCUT2D eigenvalue weighted by molar-refractivity contribution is -0.142. The van der Waals surface area contributed by atoms with Gasteiger partial charge in [0.25, 0.3) is 0 Å². The van der Waals surface area contributed by atoms with Crippen LogP contribution in [0.2, 0.25) is 0 Å². The lowest BCUT2D eigenvalue weighted by atomic mass is 10.0. The normalized spacial score (nSPS) is 14.3. The number of carbonyl (C=O) groups is 11. The van der Waals surface area contributed by atoms with Gasteiger partial charge in [0.1, 0.15) is 42.3 Å². The number of carboxylic acids is 2. The Labute approximate surface area is 416 Å². The number of aliphatic hydroxyl groups excluding tert-OH is 3. The predicted octanol–water partition coefficient (Wildman–Crippen LogP) is -7.55. The molecule has 404 valence electrons. The van der Waals surface area contributed by atoms with E-state index in [0.717, 1.165) is 10.9 Å². The summed E-state index contributed by atoms with van der Waals surface area (Å²) in [5, 5.41) is 67.6. The van der Waals surface area contributed by atoms with Crippen molar-refractivity contribution in [2.24, 2.45) is 33.8 Å². The fourth-order valence-corrected chi connectivity index (χ4v) is 6.77. The predicted molar refractivity (Wildman–Crippen MR) is 255 cm³/mol. The van der Waals surface area contributed by atoms with Crippen LogP contribution in [0, 0.1) is 5.92 Å². The van der Waals surface area contributed by atoms with E-state index in [-0.39, 0.29) is 56.9 Å². The Balaban J connectivity index is 2.15. The zero-order valence-electron chi connectivity index (χ0n) is 40.1. The average Bonchev–Trinajstić information content (AvgIpc) is 3.74. The lowest BCUT2D eigenvalue weighted by Gasteiger charge is -2.26. The van der Waals surface area contributed by atoms with Gasteiger partial charge in [-0.3, -0.25) is 52.9 Å². The van der Waals surface area contributed by atoms with Gasteiger partial charge in [-0.1, -0.05) is 32.0 Å². The summed E-state index contributed by atoms with van der Waals surface area (Å²) in [6, 6.07) is -5.89. The van der Waals surface area contributed by atoms with Gasteiger partial charge in [0.2, 0.25) is 53.2 Å². The molecule has 30 nitrogen and oxygen atoms in total. The number of rotatable bonds is 33. The number of nitrogens with zero attached hydrogens (tertiary/aromatic N) is 1. The number of hydrogen-bond donors (Lipinski definition) is 18. The number of aliphatic hydroxyl groups is 3. The number of amides is 9. The molecule has 2 rings (SSSR count). The van der Waals surface area contributed by atoms with E-state index < -0.39 is 146 Å². The molecule has 0 fully saturated rings. The first kappa shape index (κ1) is 61.2. The maximum Gasteiger partial charge on any atom is 0.326 e. The van der Waals surface area contributed by atoms with Gasteiger partial charge in [-0.25, -0.2) is 4.79 Å². The van der Waals surface area contributed by atoms with Crippen LogP contribution in [0.1, 0.15) is 57.9 Å². The summed E-state index contributed by atoms with van der Waals surface area (Å²) in [6.07, 6.45) is -0.232. The molecular weight excluding hydrogens is 969 g/mol. The van der Waals surface area contributed by atoms with Crippen molar-refractivity contribution < 1.29 is 78.3 Å². The molecule has 1 aromatic heterocycles. The summed E-state index contributed by atoms with van der Waals surface area (Å²) in [5.41, 5.74) is 22.8. The van der Waals surface area contributed by atoms with E-state index in [2.05, 4.69) is 41.9 Å². The second-order valence-corrected chi connectivity index (χ2v) is 16.9. The highest BCUT2D eigenvalue weighted by Crippen LogP contribution is 2.19. The second kappa shape index (κ2) is 30.7. The van der Waals surface area contributed by atoms with Crippen LogP contribution in [0.5, 0.6) is 0 Å². The monoisotopic (exact) mass is 1030 g/mol. The first-order chi connectivity index (χ1) is 34.4. The van der Waals surface area contributed by atoms with Crippen LogP contribution in [0.4, 0.5) is 0 Å². The van der Waals surface area contributed by atoms with Gasteiger partial charge < -0.3 is 96.0 Å². The molecule has 2 aromatic rings. The number of fused-ring (bicyclic) bond motifs is 1. The summed E-state index contributed by atoms with van der Waals surface area (Å²) in [7, 11) is 0. The smallest absolute Gasteiger partial charge is 0.326 e. The van der Waals surface area contributed by atoms with Crippen LogP contribution >= 0.6 is 0 Å². The van der Waals surface area contributed by atoms with E-state index in [9.17, 15) is 78.3 Å². The Morgan fingerprint density at radius 2 is 1.14 bits per heavy atom. The van der Waals surface area contributed by atoms with Crippen molar-refractivity contribution in [3.8, 4) is 0 Å². The van der Waals surface area contributed by atoms with Gasteiger partial charge in [-0.15, -0.1) is 0 Å². The maximum atomic E-state index is 13.6. The molecule has 0 saturated carbocycles. The molecule has 0 spiro atoms. The van der Waals surface area contributed by atoms with Crippen molar-refractivity contribution in [3.63, 3.8) is 0 Å². The Kier molecular flexibility index (Phi) is 25.7. The fraction of sp³-hybridized carbons (Fsp3) is 0.535. The number of carbonyl (C=O) groups excluding carboxylic acids is 9. The van der Waals surface area contributed by atoms with E-state index in [1.165, 1.54) is 0 Å². The largest absolute Gasteiger partial charge is 0.481 e. The van der Waals surface area contributed by atoms with Gasteiger partial charge in [-0.05, 0) is 43.2 Å².